The topological polar surface area (TPSA) is 60.0 Å². The van der Waals surface area contributed by atoms with Crippen LogP contribution < -0.4 is 19.5 Å². The highest BCUT2D eigenvalue weighted by Gasteiger charge is 2.33. The van der Waals surface area contributed by atoms with Gasteiger partial charge in [-0.25, -0.2) is 4.79 Å². The van der Waals surface area contributed by atoms with E-state index >= 15 is 0 Å². The first-order chi connectivity index (χ1) is 16.5. The van der Waals surface area contributed by atoms with Crippen molar-refractivity contribution in [2.45, 2.75) is 32.2 Å². The number of nitrogens with one attached hydrogen (secondary N) is 1. The minimum Gasteiger partial charge on any atom is -0.493 e. The van der Waals surface area contributed by atoms with Crippen LogP contribution in [-0.4, -0.2) is 38.3 Å². The van der Waals surface area contributed by atoms with Crippen molar-refractivity contribution in [2.75, 3.05) is 32.7 Å². The minimum absolute atomic E-state index is 0.157. The monoisotopic (exact) mass is 460 g/mol. The molecular formula is C28H32N2O4. The number of amides is 2. The Morgan fingerprint density at radius 2 is 1.68 bits per heavy atom. The lowest BCUT2D eigenvalue weighted by Crippen LogP contribution is -2.44. The number of hydrogen-bond acceptors (Lipinski definition) is 4. The predicted octanol–water partition coefficient (Wildman–Crippen LogP) is 6.04. The maximum Gasteiger partial charge on any atom is 0.322 e. The van der Waals surface area contributed by atoms with E-state index in [0.717, 1.165) is 29.0 Å². The number of benzene rings is 3. The fourth-order valence-corrected chi connectivity index (χ4v) is 4.29. The van der Waals surface area contributed by atoms with Crippen molar-refractivity contribution in [3.63, 3.8) is 0 Å². The highest BCUT2D eigenvalue weighted by atomic mass is 16.5. The van der Waals surface area contributed by atoms with Crippen LogP contribution in [-0.2, 0) is 6.42 Å². The number of urea groups is 1. The molecule has 1 unspecified atom stereocenters. The van der Waals surface area contributed by atoms with E-state index in [2.05, 4.69) is 31.3 Å². The maximum atomic E-state index is 13.3. The van der Waals surface area contributed by atoms with Crippen molar-refractivity contribution in [1.82, 2.24) is 4.90 Å². The van der Waals surface area contributed by atoms with Gasteiger partial charge in [-0.3, -0.25) is 0 Å². The molecule has 0 bridgehead atoms. The Balaban J connectivity index is 1.62. The van der Waals surface area contributed by atoms with Gasteiger partial charge in [0.25, 0.3) is 0 Å². The molecule has 1 N–H and O–H groups in total. The van der Waals surface area contributed by atoms with E-state index in [9.17, 15) is 4.79 Å². The Hall–Kier alpha value is -3.67. The van der Waals surface area contributed by atoms with Crippen molar-refractivity contribution in [3.8, 4) is 17.2 Å². The Morgan fingerprint density at radius 1 is 1.00 bits per heavy atom. The third-order valence-electron chi connectivity index (χ3n) is 6.24. The number of ether oxygens (including phenoxy) is 3. The lowest BCUT2D eigenvalue weighted by molar-refractivity contribution is 0.144. The first-order valence-electron chi connectivity index (χ1n) is 11.6. The predicted molar refractivity (Wildman–Crippen MR) is 134 cm³/mol. The highest BCUT2D eigenvalue weighted by Crippen LogP contribution is 2.38. The second-order valence-corrected chi connectivity index (χ2v) is 8.70. The van der Waals surface area contributed by atoms with Crippen molar-refractivity contribution >= 4 is 11.7 Å². The third-order valence-corrected chi connectivity index (χ3v) is 6.24. The van der Waals surface area contributed by atoms with Crippen molar-refractivity contribution < 1.29 is 19.0 Å². The van der Waals surface area contributed by atoms with E-state index in [1.165, 1.54) is 5.56 Å². The number of methoxy groups -OCH3 is 2. The van der Waals surface area contributed by atoms with Crippen LogP contribution in [0.1, 0.15) is 42.5 Å². The van der Waals surface area contributed by atoms with Crippen LogP contribution in [0.25, 0.3) is 0 Å². The molecule has 0 aliphatic carbocycles. The van der Waals surface area contributed by atoms with Crippen LogP contribution in [0.4, 0.5) is 10.5 Å². The smallest absolute Gasteiger partial charge is 0.322 e. The van der Waals surface area contributed by atoms with Gasteiger partial charge in [-0.1, -0.05) is 44.2 Å². The number of carbonyl (C=O) groups is 1. The summed E-state index contributed by atoms with van der Waals surface area (Å²) in [6.45, 7) is 5.23. The van der Waals surface area contributed by atoms with Gasteiger partial charge in [0, 0.05) is 12.2 Å². The summed E-state index contributed by atoms with van der Waals surface area (Å²) in [7, 11) is 3.25. The Kier molecular flexibility index (Phi) is 7.26. The largest absolute Gasteiger partial charge is 0.493 e. The second-order valence-electron chi connectivity index (χ2n) is 8.70. The molecule has 6 heteroatoms. The molecule has 178 valence electrons. The van der Waals surface area contributed by atoms with Crippen molar-refractivity contribution in [2.24, 2.45) is 0 Å². The number of anilines is 1. The molecule has 6 nitrogen and oxygen atoms in total. The summed E-state index contributed by atoms with van der Waals surface area (Å²) in [6, 6.07) is 21.2. The maximum absolute atomic E-state index is 13.3. The molecule has 0 aromatic heterocycles. The summed E-state index contributed by atoms with van der Waals surface area (Å²) in [5.41, 5.74) is 4.15. The molecule has 0 saturated carbocycles. The Morgan fingerprint density at radius 3 is 2.32 bits per heavy atom. The molecule has 0 radical (unpaired) electrons. The minimum atomic E-state index is -0.281. The average molecular weight is 461 g/mol. The van der Waals surface area contributed by atoms with E-state index in [1.54, 1.807) is 14.2 Å². The van der Waals surface area contributed by atoms with Gasteiger partial charge in [-0.15, -0.1) is 0 Å². The van der Waals surface area contributed by atoms with Gasteiger partial charge >= 0.3 is 6.03 Å². The molecule has 1 aliphatic rings. The quantitative estimate of drug-likeness (QED) is 0.467. The summed E-state index contributed by atoms with van der Waals surface area (Å²) in [5.74, 6) is 2.56. The molecule has 0 saturated heterocycles. The summed E-state index contributed by atoms with van der Waals surface area (Å²) < 4.78 is 17.3. The van der Waals surface area contributed by atoms with E-state index in [4.69, 9.17) is 14.2 Å². The van der Waals surface area contributed by atoms with Gasteiger partial charge in [0.2, 0.25) is 0 Å². The van der Waals surface area contributed by atoms with Crippen LogP contribution >= 0.6 is 0 Å². The fourth-order valence-electron chi connectivity index (χ4n) is 4.29. The molecule has 1 heterocycles. The zero-order valence-corrected chi connectivity index (χ0v) is 20.2. The van der Waals surface area contributed by atoms with Gasteiger partial charge in [0.05, 0.1) is 20.3 Å². The first kappa shape index (κ1) is 23.5. The number of hydrogen-bond donors (Lipinski definition) is 1. The summed E-state index contributed by atoms with van der Waals surface area (Å²) >= 11 is 0. The summed E-state index contributed by atoms with van der Waals surface area (Å²) in [4.78, 5) is 15.1. The number of fused-ring (bicyclic) bond motifs is 1. The standard InChI is InChI=1S/C28H32N2O4/c1-19(2)20-10-12-23(13-11-20)34-18-25-24-17-27(33-4)26(32-3)16-21(24)14-15-30(25)28(31)29-22-8-6-5-7-9-22/h5-13,16-17,19,25H,14-15,18H2,1-4H3,(H,29,31). The Bertz CT molecular complexity index is 1110. The fraction of sp³-hybridized carbons (Fsp3) is 0.321. The SMILES string of the molecule is COc1cc2c(cc1OC)C(COc1ccc(C(C)C)cc1)N(C(=O)Nc1ccccc1)CC2. The average Bonchev–Trinajstić information content (AvgIpc) is 2.87. The van der Waals surface area contributed by atoms with Crippen molar-refractivity contribution in [1.29, 1.82) is 0 Å². The molecule has 4 rings (SSSR count). The van der Waals surface area contributed by atoms with E-state index in [1.807, 2.05) is 59.5 Å². The molecule has 1 atom stereocenters. The Labute approximate surface area is 201 Å². The number of nitrogens with zero attached hydrogens (tertiary/aromatic N) is 1. The van der Waals surface area contributed by atoms with Gasteiger partial charge < -0.3 is 24.4 Å². The lowest BCUT2D eigenvalue weighted by atomic mass is 9.92. The zero-order valence-electron chi connectivity index (χ0n) is 20.2. The van der Waals surface area contributed by atoms with Crippen LogP contribution in [0.15, 0.2) is 66.7 Å². The highest BCUT2D eigenvalue weighted by molar-refractivity contribution is 5.89. The molecule has 34 heavy (non-hydrogen) atoms. The number of rotatable bonds is 7. The summed E-state index contributed by atoms with van der Waals surface area (Å²) in [5, 5.41) is 3.02. The van der Waals surface area contributed by atoms with Gasteiger partial charge in [-0.05, 0) is 65.4 Å². The first-order valence-corrected chi connectivity index (χ1v) is 11.6. The second kappa shape index (κ2) is 10.5. The molecule has 1 aliphatic heterocycles. The lowest BCUT2D eigenvalue weighted by Gasteiger charge is -2.37. The van der Waals surface area contributed by atoms with Gasteiger partial charge in [0.1, 0.15) is 12.4 Å². The summed E-state index contributed by atoms with van der Waals surface area (Å²) in [6.07, 6.45) is 0.720. The van der Waals surface area contributed by atoms with E-state index < -0.39 is 0 Å². The molecule has 0 fully saturated rings. The van der Waals surface area contributed by atoms with Crippen LogP contribution in [0.5, 0.6) is 17.2 Å². The van der Waals surface area contributed by atoms with Crippen LogP contribution in [0.3, 0.4) is 0 Å². The van der Waals surface area contributed by atoms with E-state index in [-0.39, 0.29) is 12.1 Å². The number of para-hydroxylation sites is 1. The van der Waals surface area contributed by atoms with E-state index in [0.29, 0.717) is 30.6 Å². The molecular weight excluding hydrogens is 428 g/mol. The molecule has 3 aromatic rings. The van der Waals surface area contributed by atoms with Gasteiger partial charge in [-0.2, -0.15) is 0 Å². The molecule has 0 spiro atoms. The normalized spacial score (nSPS) is 15.0. The van der Waals surface area contributed by atoms with Crippen LogP contribution in [0.2, 0.25) is 0 Å². The molecule has 3 aromatic carbocycles. The van der Waals surface area contributed by atoms with Crippen LogP contribution in [0, 0.1) is 0 Å². The van der Waals surface area contributed by atoms with Crippen molar-refractivity contribution in [3.05, 3.63) is 83.4 Å². The molecule has 2 amide bonds. The third kappa shape index (κ3) is 5.11. The number of carbonyl (C=O) groups excluding carboxylic acids is 1. The van der Waals surface area contributed by atoms with Gasteiger partial charge in [0.15, 0.2) is 11.5 Å². The zero-order chi connectivity index (χ0) is 24.1.